The van der Waals surface area contributed by atoms with Crippen LogP contribution < -0.4 is 5.73 Å². The zero-order valence-corrected chi connectivity index (χ0v) is 10.6. The Morgan fingerprint density at radius 1 is 1.33 bits per heavy atom. The first-order valence-corrected chi connectivity index (χ1v) is 6.30. The van der Waals surface area contributed by atoms with Crippen LogP contribution in [0.15, 0.2) is 6.20 Å². The SMILES string of the molecule is COC1(c2ncc(C#N)c(N)n2)CCCCCC1. The highest BCUT2D eigenvalue weighted by Gasteiger charge is 2.36. The minimum Gasteiger partial charge on any atom is -0.382 e. The van der Waals surface area contributed by atoms with Crippen molar-refractivity contribution in [1.29, 1.82) is 5.26 Å². The average molecular weight is 246 g/mol. The van der Waals surface area contributed by atoms with E-state index in [2.05, 4.69) is 9.97 Å². The number of nitrogens with zero attached hydrogens (tertiary/aromatic N) is 3. The fraction of sp³-hybridized carbons (Fsp3) is 0.615. The van der Waals surface area contributed by atoms with Crippen molar-refractivity contribution in [3.8, 4) is 6.07 Å². The van der Waals surface area contributed by atoms with Crippen LogP contribution >= 0.6 is 0 Å². The van der Waals surface area contributed by atoms with Gasteiger partial charge in [-0.3, -0.25) is 0 Å². The first-order chi connectivity index (χ1) is 8.72. The van der Waals surface area contributed by atoms with Gasteiger partial charge in [-0.25, -0.2) is 9.97 Å². The fourth-order valence-corrected chi connectivity index (χ4v) is 2.52. The van der Waals surface area contributed by atoms with Gasteiger partial charge < -0.3 is 10.5 Å². The van der Waals surface area contributed by atoms with E-state index in [-0.39, 0.29) is 5.82 Å². The van der Waals surface area contributed by atoms with Gasteiger partial charge in [0.05, 0.1) is 6.20 Å². The summed E-state index contributed by atoms with van der Waals surface area (Å²) in [5, 5.41) is 8.84. The van der Waals surface area contributed by atoms with Gasteiger partial charge >= 0.3 is 0 Å². The highest BCUT2D eigenvalue weighted by Crippen LogP contribution is 2.37. The maximum Gasteiger partial charge on any atom is 0.162 e. The number of anilines is 1. The van der Waals surface area contributed by atoms with E-state index in [1.807, 2.05) is 6.07 Å². The molecule has 0 bridgehead atoms. The van der Waals surface area contributed by atoms with Crippen LogP contribution in [0.2, 0.25) is 0 Å². The third-order valence-corrected chi connectivity index (χ3v) is 3.65. The van der Waals surface area contributed by atoms with Gasteiger partial charge in [-0.05, 0) is 12.8 Å². The summed E-state index contributed by atoms with van der Waals surface area (Å²) in [6.45, 7) is 0. The summed E-state index contributed by atoms with van der Waals surface area (Å²) < 4.78 is 5.71. The van der Waals surface area contributed by atoms with Gasteiger partial charge in [0.2, 0.25) is 0 Å². The zero-order chi connectivity index (χ0) is 13.0. The lowest BCUT2D eigenvalue weighted by atomic mass is 9.93. The lowest BCUT2D eigenvalue weighted by molar-refractivity contribution is -0.0350. The number of aromatic nitrogens is 2. The van der Waals surface area contributed by atoms with Crippen molar-refractivity contribution in [2.75, 3.05) is 12.8 Å². The van der Waals surface area contributed by atoms with Crippen molar-refractivity contribution in [1.82, 2.24) is 9.97 Å². The second-order valence-corrected chi connectivity index (χ2v) is 4.72. The van der Waals surface area contributed by atoms with Crippen LogP contribution in [0.1, 0.15) is 49.9 Å². The molecule has 5 heteroatoms. The summed E-state index contributed by atoms with van der Waals surface area (Å²) in [4.78, 5) is 8.55. The second-order valence-electron chi connectivity index (χ2n) is 4.72. The molecule has 96 valence electrons. The molecular formula is C13H18N4O. The highest BCUT2D eigenvalue weighted by molar-refractivity contribution is 5.46. The van der Waals surface area contributed by atoms with Crippen LogP contribution in [0.4, 0.5) is 5.82 Å². The standard InChI is InChI=1S/C13H18N4O/c1-18-13(6-4-2-3-5-7-13)12-16-9-10(8-14)11(15)17-12/h9H,2-7H2,1H3,(H2,15,16,17). The molecule has 0 unspecified atom stereocenters. The Bertz CT molecular complexity index is 459. The van der Waals surface area contributed by atoms with Crippen LogP contribution in [-0.4, -0.2) is 17.1 Å². The van der Waals surface area contributed by atoms with Crippen molar-refractivity contribution in [2.24, 2.45) is 0 Å². The Kier molecular flexibility index (Phi) is 3.78. The van der Waals surface area contributed by atoms with Crippen LogP contribution in [0, 0.1) is 11.3 Å². The Labute approximate surface area is 107 Å². The number of methoxy groups -OCH3 is 1. The van der Waals surface area contributed by atoms with Crippen LogP contribution in [0.3, 0.4) is 0 Å². The molecular weight excluding hydrogens is 228 g/mol. The molecule has 2 rings (SSSR count). The van der Waals surface area contributed by atoms with E-state index in [9.17, 15) is 0 Å². The van der Waals surface area contributed by atoms with Crippen LogP contribution in [0.25, 0.3) is 0 Å². The Balaban J connectivity index is 2.37. The lowest BCUT2D eigenvalue weighted by Crippen LogP contribution is -2.30. The van der Waals surface area contributed by atoms with E-state index in [1.54, 1.807) is 7.11 Å². The first-order valence-electron chi connectivity index (χ1n) is 6.30. The quantitative estimate of drug-likeness (QED) is 0.808. The number of rotatable bonds is 2. The van der Waals surface area contributed by atoms with Crippen LogP contribution in [0.5, 0.6) is 0 Å². The third kappa shape index (κ3) is 2.29. The van der Waals surface area contributed by atoms with Gasteiger partial charge in [0.1, 0.15) is 23.1 Å². The molecule has 0 radical (unpaired) electrons. The molecule has 2 N–H and O–H groups in total. The molecule has 5 nitrogen and oxygen atoms in total. The zero-order valence-electron chi connectivity index (χ0n) is 10.6. The van der Waals surface area contributed by atoms with E-state index < -0.39 is 5.60 Å². The van der Waals surface area contributed by atoms with Crippen molar-refractivity contribution in [3.05, 3.63) is 17.6 Å². The highest BCUT2D eigenvalue weighted by atomic mass is 16.5. The van der Waals surface area contributed by atoms with Crippen molar-refractivity contribution >= 4 is 5.82 Å². The van der Waals surface area contributed by atoms with Gasteiger partial charge in [-0.2, -0.15) is 5.26 Å². The number of hydrogen-bond donors (Lipinski definition) is 1. The topological polar surface area (TPSA) is 84.8 Å². The number of nitrogen functional groups attached to an aromatic ring is 1. The molecule has 0 atom stereocenters. The molecule has 1 aliphatic carbocycles. The summed E-state index contributed by atoms with van der Waals surface area (Å²) in [7, 11) is 1.70. The molecule has 18 heavy (non-hydrogen) atoms. The molecule has 1 aromatic heterocycles. The largest absolute Gasteiger partial charge is 0.382 e. The maximum atomic E-state index is 8.84. The van der Waals surface area contributed by atoms with Gasteiger partial charge in [0.25, 0.3) is 0 Å². The Hall–Kier alpha value is -1.67. The molecule has 0 amide bonds. The summed E-state index contributed by atoms with van der Waals surface area (Å²) in [6.07, 6.45) is 7.97. The van der Waals surface area contributed by atoms with Crippen molar-refractivity contribution < 1.29 is 4.74 Å². The summed E-state index contributed by atoms with van der Waals surface area (Å²) in [5.41, 5.74) is 5.65. The maximum absolute atomic E-state index is 8.84. The van der Waals surface area contributed by atoms with E-state index in [1.165, 1.54) is 19.0 Å². The molecule has 1 aromatic rings. The molecule has 0 saturated heterocycles. The monoisotopic (exact) mass is 246 g/mol. The number of nitriles is 1. The molecule has 0 aromatic carbocycles. The normalized spacial score (nSPS) is 18.9. The molecule has 1 saturated carbocycles. The predicted octanol–water partition coefficient (Wildman–Crippen LogP) is 2.13. The number of hydrogen-bond acceptors (Lipinski definition) is 5. The Morgan fingerprint density at radius 2 is 2.00 bits per heavy atom. The second kappa shape index (κ2) is 5.32. The van der Waals surface area contributed by atoms with Gasteiger partial charge in [-0.15, -0.1) is 0 Å². The first kappa shape index (κ1) is 12.8. The van der Waals surface area contributed by atoms with E-state index in [4.69, 9.17) is 15.7 Å². The molecule has 1 fully saturated rings. The van der Waals surface area contributed by atoms with Crippen molar-refractivity contribution in [3.63, 3.8) is 0 Å². The van der Waals surface area contributed by atoms with E-state index in [0.29, 0.717) is 11.4 Å². The molecule has 0 spiro atoms. The van der Waals surface area contributed by atoms with Gasteiger partial charge in [-0.1, -0.05) is 25.7 Å². The molecule has 1 heterocycles. The molecule has 0 aliphatic heterocycles. The lowest BCUT2D eigenvalue weighted by Gasteiger charge is -2.29. The van der Waals surface area contributed by atoms with E-state index >= 15 is 0 Å². The predicted molar refractivity (Wildman–Crippen MR) is 67.5 cm³/mol. The van der Waals surface area contributed by atoms with Crippen molar-refractivity contribution in [2.45, 2.75) is 44.1 Å². The summed E-state index contributed by atoms with van der Waals surface area (Å²) in [5.74, 6) is 0.853. The Morgan fingerprint density at radius 3 is 2.50 bits per heavy atom. The van der Waals surface area contributed by atoms with E-state index in [0.717, 1.165) is 25.7 Å². The fourth-order valence-electron chi connectivity index (χ4n) is 2.52. The summed E-state index contributed by atoms with van der Waals surface area (Å²) >= 11 is 0. The molecule has 1 aliphatic rings. The van der Waals surface area contributed by atoms with Gasteiger partial charge in [0.15, 0.2) is 5.82 Å². The number of nitrogens with two attached hydrogens (primary N) is 1. The summed E-state index contributed by atoms with van der Waals surface area (Å²) in [6, 6.07) is 1.98. The average Bonchev–Trinajstić information content (AvgIpc) is 2.65. The van der Waals surface area contributed by atoms with Crippen LogP contribution in [-0.2, 0) is 10.3 Å². The minimum absolute atomic E-state index is 0.239. The minimum atomic E-state index is -0.432. The third-order valence-electron chi connectivity index (χ3n) is 3.65. The van der Waals surface area contributed by atoms with Gasteiger partial charge in [0, 0.05) is 7.11 Å². The smallest absolute Gasteiger partial charge is 0.162 e. The number of ether oxygens (including phenoxy) is 1.